The zero-order valence-electron chi connectivity index (χ0n) is 21.9. The van der Waals surface area contributed by atoms with Gasteiger partial charge in [0.2, 0.25) is 0 Å². The van der Waals surface area contributed by atoms with Gasteiger partial charge in [-0.3, -0.25) is 4.79 Å². The molecule has 3 heteroatoms. The minimum atomic E-state index is -0.668. The first-order valence-electron chi connectivity index (χ1n) is 13.5. The number of allylic oxidation sites excluding steroid dienone is 8. The molecule has 6 rings (SSSR count). The van der Waals surface area contributed by atoms with Crippen molar-refractivity contribution in [2.45, 2.75) is 19.7 Å². The number of carbonyl (C=O) groups excluding carboxylic acids is 1. The highest BCUT2D eigenvalue weighted by Crippen LogP contribution is 2.50. The maximum atomic E-state index is 14.7. The average Bonchev–Trinajstić information content (AvgIpc) is 3.02. The third-order valence-corrected chi connectivity index (χ3v) is 10.2. The van der Waals surface area contributed by atoms with E-state index in [1.807, 2.05) is 24.3 Å². The van der Waals surface area contributed by atoms with Gasteiger partial charge < -0.3 is 0 Å². The van der Waals surface area contributed by atoms with Gasteiger partial charge in [-0.15, -0.1) is 0 Å². The second-order valence-corrected chi connectivity index (χ2v) is 14.2. The summed E-state index contributed by atoms with van der Waals surface area (Å²) in [5.41, 5.74) is 9.46. The third-order valence-electron chi connectivity index (χ3n) is 7.72. The Kier molecular flexibility index (Phi) is 7.78. The normalized spacial score (nSPS) is 22.4. The van der Waals surface area contributed by atoms with Crippen LogP contribution < -0.4 is 0 Å². The number of alkyl halides is 2. The van der Waals surface area contributed by atoms with Gasteiger partial charge >= 0.3 is 0 Å². The Bertz CT molecular complexity index is 1530. The lowest BCUT2D eigenvalue weighted by molar-refractivity contribution is -0.120. The van der Waals surface area contributed by atoms with Gasteiger partial charge in [-0.25, -0.2) is 0 Å². The quantitative estimate of drug-likeness (QED) is 0.142. The molecule has 0 saturated heterocycles. The van der Waals surface area contributed by atoms with Crippen LogP contribution in [-0.4, -0.2) is 12.6 Å². The van der Waals surface area contributed by atoms with Crippen LogP contribution in [0.3, 0.4) is 0 Å². The van der Waals surface area contributed by atoms with Crippen LogP contribution in [0.4, 0.5) is 0 Å². The second kappa shape index (κ2) is 11.5. The van der Waals surface area contributed by atoms with Gasteiger partial charge in [-0.1, -0.05) is 191 Å². The number of carbonyl (C=O) groups is 1. The van der Waals surface area contributed by atoms with Crippen molar-refractivity contribution in [1.82, 2.24) is 0 Å². The van der Waals surface area contributed by atoms with E-state index in [1.54, 1.807) is 0 Å². The molecule has 1 nitrogen and oxygen atoms in total. The molecule has 0 aliphatic heterocycles. The number of Topliss-reactive ketones (excluding diaryl/α,β-unsaturated/α-hetero) is 1. The number of ketones is 1. The number of halogens is 2. The minimum Gasteiger partial charge on any atom is -0.296 e. The Balaban J connectivity index is 1.39. The Labute approximate surface area is 263 Å². The monoisotopic (exact) mass is 742 g/mol. The van der Waals surface area contributed by atoms with E-state index in [1.165, 1.54) is 33.4 Å². The first-order chi connectivity index (χ1) is 19.5. The molecule has 0 heterocycles. The SMILES string of the molecule is O=C(C1(I)C=CC(c2ccccc2)=C(c2ccccc2)C1)C1(I)C=CC(c2ccccc2)=C(c2ccccc2)C1. The number of hydrogen-bond acceptors (Lipinski definition) is 1. The maximum Gasteiger partial charge on any atom is 0.172 e. The van der Waals surface area contributed by atoms with E-state index in [9.17, 15) is 4.79 Å². The van der Waals surface area contributed by atoms with Crippen LogP contribution in [0, 0.1) is 0 Å². The molecule has 0 fully saturated rings. The summed E-state index contributed by atoms with van der Waals surface area (Å²) >= 11 is 4.83. The molecule has 0 spiro atoms. The smallest absolute Gasteiger partial charge is 0.172 e. The molecule has 0 bridgehead atoms. The molecule has 2 unspecified atom stereocenters. The number of benzene rings is 4. The molecule has 2 aliphatic carbocycles. The molecular formula is C37H28I2O. The Hall–Kier alpha value is -3.03. The molecule has 2 atom stereocenters. The van der Waals surface area contributed by atoms with Crippen molar-refractivity contribution in [2.75, 3.05) is 0 Å². The molecule has 0 radical (unpaired) electrons. The van der Waals surface area contributed by atoms with Crippen molar-refractivity contribution < 1.29 is 4.79 Å². The lowest BCUT2D eigenvalue weighted by Gasteiger charge is -2.37. The lowest BCUT2D eigenvalue weighted by atomic mass is 9.75. The first kappa shape index (κ1) is 27.2. The van der Waals surface area contributed by atoms with Gasteiger partial charge in [0.05, 0.1) is 0 Å². The topological polar surface area (TPSA) is 17.1 Å². The fourth-order valence-electron chi connectivity index (χ4n) is 5.68. The van der Waals surface area contributed by atoms with Crippen LogP contribution >= 0.6 is 45.2 Å². The van der Waals surface area contributed by atoms with E-state index < -0.39 is 6.84 Å². The van der Waals surface area contributed by atoms with Gasteiger partial charge in [-0.05, 0) is 57.4 Å². The minimum absolute atomic E-state index is 0.231. The van der Waals surface area contributed by atoms with Crippen LogP contribution in [0.5, 0.6) is 0 Å². The highest BCUT2D eigenvalue weighted by molar-refractivity contribution is 14.1. The summed E-state index contributed by atoms with van der Waals surface area (Å²) in [6.07, 6.45) is 9.90. The van der Waals surface area contributed by atoms with Crippen molar-refractivity contribution in [3.63, 3.8) is 0 Å². The highest BCUT2D eigenvalue weighted by atomic mass is 127. The molecule has 196 valence electrons. The molecule has 40 heavy (non-hydrogen) atoms. The third kappa shape index (κ3) is 5.34. The fraction of sp³-hybridized carbons (Fsp3) is 0.108. The van der Waals surface area contributed by atoms with E-state index in [-0.39, 0.29) is 5.78 Å². The molecule has 0 saturated carbocycles. The van der Waals surface area contributed by atoms with Crippen molar-refractivity contribution in [2.24, 2.45) is 0 Å². The van der Waals surface area contributed by atoms with Crippen molar-refractivity contribution in [3.8, 4) is 0 Å². The zero-order valence-corrected chi connectivity index (χ0v) is 26.2. The Morgan fingerprint density at radius 1 is 0.475 bits per heavy atom. The van der Waals surface area contributed by atoms with Crippen molar-refractivity contribution in [3.05, 3.63) is 168 Å². The van der Waals surface area contributed by atoms with Gasteiger partial charge in [0.15, 0.2) is 5.78 Å². The second-order valence-electron chi connectivity index (χ2n) is 10.3. The maximum absolute atomic E-state index is 14.7. The molecule has 4 aromatic rings. The van der Waals surface area contributed by atoms with E-state index in [0.717, 1.165) is 11.1 Å². The predicted molar refractivity (Wildman–Crippen MR) is 185 cm³/mol. The molecule has 4 aromatic carbocycles. The number of hydrogen-bond donors (Lipinski definition) is 0. The summed E-state index contributed by atoms with van der Waals surface area (Å²) in [6.45, 7) is 0. The molecule has 0 aromatic heterocycles. The van der Waals surface area contributed by atoms with E-state index in [4.69, 9.17) is 0 Å². The van der Waals surface area contributed by atoms with Gasteiger partial charge in [-0.2, -0.15) is 0 Å². The van der Waals surface area contributed by atoms with Crippen LogP contribution in [0.1, 0.15) is 35.1 Å². The van der Waals surface area contributed by atoms with Gasteiger partial charge in [0, 0.05) is 0 Å². The van der Waals surface area contributed by atoms with Crippen LogP contribution in [0.25, 0.3) is 22.3 Å². The summed E-state index contributed by atoms with van der Waals surface area (Å²) in [5.74, 6) is 0.231. The summed E-state index contributed by atoms with van der Waals surface area (Å²) in [6, 6.07) is 42.0. The predicted octanol–water partition coefficient (Wildman–Crippen LogP) is 10.0. The number of rotatable bonds is 6. The average molecular weight is 742 g/mol. The van der Waals surface area contributed by atoms with E-state index in [0.29, 0.717) is 12.8 Å². The van der Waals surface area contributed by atoms with E-state index in [2.05, 4.69) is 167 Å². The largest absolute Gasteiger partial charge is 0.296 e. The molecule has 0 amide bonds. The van der Waals surface area contributed by atoms with Crippen molar-refractivity contribution in [1.29, 1.82) is 0 Å². The highest BCUT2D eigenvalue weighted by Gasteiger charge is 2.48. The summed E-state index contributed by atoms with van der Waals surface area (Å²) in [7, 11) is 0. The molecule has 0 N–H and O–H groups in total. The lowest BCUT2D eigenvalue weighted by Crippen LogP contribution is -2.45. The van der Waals surface area contributed by atoms with Crippen LogP contribution in [-0.2, 0) is 4.79 Å². The summed E-state index contributed by atoms with van der Waals surface area (Å²) in [5, 5.41) is 0. The van der Waals surface area contributed by atoms with E-state index >= 15 is 0 Å². The zero-order chi connectivity index (χ0) is 27.6. The van der Waals surface area contributed by atoms with Crippen LogP contribution in [0.15, 0.2) is 146 Å². The first-order valence-corrected chi connectivity index (χ1v) is 15.6. The standard InChI is InChI=1S/C37H28I2O/c38-36(23-21-31(27-13-5-1-6-14-27)33(25-36)29-17-9-3-10-18-29)35(40)37(39)24-22-32(28-15-7-2-8-16-28)34(26-37)30-19-11-4-12-20-30/h1-24H,25-26H2. The van der Waals surface area contributed by atoms with Crippen LogP contribution in [0.2, 0.25) is 0 Å². The Morgan fingerprint density at radius 3 is 1.10 bits per heavy atom. The fourth-order valence-corrected chi connectivity index (χ4v) is 8.28. The Morgan fingerprint density at radius 2 is 0.775 bits per heavy atom. The molecular weight excluding hydrogens is 714 g/mol. The summed E-state index contributed by atoms with van der Waals surface area (Å²) in [4.78, 5) is 14.7. The molecule has 2 aliphatic rings. The summed E-state index contributed by atoms with van der Waals surface area (Å²) < 4.78 is -1.34. The van der Waals surface area contributed by atoms with Gasteiger partial charge in [0.1, 0.15) is 6.84 Å². The van der Waals surface area contributed by atoms with Crippen molar-refractivity contribution >= 4 is 73.3 Å². The van der Waals surface area contributed by atoms with Gasteiger partial charge in [0.25, 0.3) is 0 Å².